The minimum atomic E-state index is -4.78. The molecule has 3 unspecified atom stereocenters. The van der Waals surface area contributed by atoms with Gasteiger partial charge in [-0.3, -0.25) is 23.4 Å². The van der Waals surface area contributed by atoms with E-state index in [1.54, 1.807) is 6.08 Å². The summed E-state index contributed by atoms with van der Waals surface area (Å²) in [5.74, 6) is -1.64. The van der Waals surface area contributed by atoms with Crippen LogP contribution in [0, 0.1) is 0 Å². The molecule has 11 nitrogen and oxygen atoms in total. The molecule has 0 spiro atoms. The average molecular weight is 1030 g/mol. The van der Waals surface area contributed by atoms with E-state index in [4.69, 9.17) is 23.3 Å². The lowest BCUT2D eigenvalue weighted by molar-refractivity contribution is -0.161. The van der Waals surface area contributed by atoms with Gasteiger partial charge < -0.3 is 24.2 Å². The zero-order chi connectivity index (χ0) is 52.7. The number of hydrogen-bond acceptors (Lipinski definition) is 10. The molecule has 0 heterocycles. The van der Waals surface area contributed by atoms with Gasteiger partial charge >= 0.3 is 25.7 Å². The second kappa shape index (κ2) is 53.2. The maximum absolute atomic E-state index is 12.9. The van der Waals surface area contributed by atoms with Crippen molar-refractivity contribution < 1.29 is 52.2 Å². The van der Waals surface area contributed by atoms with Gasteiger partial charge in [-0.1, -0.05) is 200 Å². The molecular formula is C60H97O11P. The van der Waals surface area contributed by atoms with Crippen molar-refractivity contribution in [3.05, 3.63) is 122 Å². The Morgan fingerprint density at radius 2 is 0.778 bits per heavy atom. The zero-order valence-electron chi connectivity index (χ0n) is 44.8. The fraction of sp³-hybridized carbons (Fsp3) is 0.617. The number of phosphoric ester groups is 1. The van der Waals surface area contributed by atoms with Crippen molar-refractivity contribution in [1.29, 1.82) is 0 Å². The summed E-state index contributed by atoms with van der Waals surface area (Å²) < 4.78 is 39.3. The fourth-order valence-corrected chi connectivity index (χ4v) is 7.56. The molecule has 0 aromatic rings. The van der Waals surface area contributed by atoms with E-state index in [1.807, 2.05) is 18.2 Å². The predicted molar refractivity (Wildman–Crippen MR) is 297 cm³/mol. The molecule has 0 bridgehead atoms. The van der Waals surface area contributed by atoms with Crippen LogP contribution in [0.3, 0.4) is 0 Å². The molecule has 72 heavy (non-hydrogen) atoms. The Kier molecular flexibility index (Phi) is 50.1. The molecule has 0 aromatic carbocycles. The third kappa shape index (κ3) is 50.8. The highest BCUT2D eigenvalue weighted by Gasteiger charge is 2.28. The van der Waals surface area contributed by atoms with Crippen molar-refractivity contribution in [2.75, 3.05) is 26.4 Å². The van der Waals surface area contributed by atoms with Crippen LogP contribution < -0.4 is 0 Å². The second-order valence-electron chi connectivity index (χ2n) is 17.6. The number of unbranched alkanes of at least 4 members (excludes halogenated alkanes) is 13. The Hall–Kier alpha value is -4.12. The number of carbonyl (C=O) groups excluding carboxylic acids is 3. The van der Waals surface area contributed by atoms with E-state index in [1.165, 1.54) is 0 Å². The van der Waals surface area contributed by atoms with Gasteiger partial charge in [-0.05, 0) is 103 Å². The van der Waals surface area contributed by atoms with E-state index in [0.717, 1.165) is 141 Å². The zero-order valence-corrected chi connectivity index (χ0v) is 45.7. The summed E-state index contributed by atoms with van der Waals surface area (Å²) in [6.07, 6.45) is 64.7. The molecule has 12 heteroatoms. The van der Waals surface area contributed by atoms with Crippen molar-refractivity contribution in [3.8, 4) is 0 Å². The number of ether oxygens (including phenoxy) is 3. The van der Waals surface area contributed by atoms with E-state index >= 15 is 0 Å². The summed E-state index contributed by atoms with van der Waals surface area (Å²) in [6, 6.07) is 0. The summed E-state index contributed by atoms with van der Waals surface area (Å²) in [5.41, 5.74) is 0. The minimum Gasteiger partial charge on any atom is -0.462 e. The van der Waals surface area contributed by atoms with Gasteiger partial charge in [0.15, 0.2) is 6.10 Å². The Morgan fingerprint density at radius 3 is 1.22 bits per heavy atom. The largest absolute Gasteiger partial charge is 0.472 e. The molecule has 0 rings (SSSR count). The van der Waals surface area contributed by atoms with Crippen LogP contribution in [0.25, 0.3) is 0 Å². The van der Waals surface area contributed by atoms with E-state index in [9.17, 15) is 28.9 Å². The number of hydrogen-bond donors (Lipinski definition) is 2. The molecule has 0 radical (unpaired) electrons. The van der Waals surface area contributed by atoms with Crippen LogP contribution in [0.2, 0.25) is 0 Å². The summed E-state index contributed by atoms with van der Waals surface area (Å²) >= 11 is 0. The topological polar surface area (TPSA) is 155 Å². The molecule has 0 aliphatic carbocycles. The number of aliphatic hydroxyl groups excluding tert-OH is 1. The van der Waals surface area contributed by atoms with Gasteiger partial charge in [-0.15, -0.1) is 0 Å². The standard InChI is InChI=1S/C60H97O11P/c1-4-7-10-13-16-19-22-25-27-28-30-33-36-39-42-45-48-51-60(64)71-57(53-67-58(62)49-46-43-40-37-34-31-24-21-18-15-12-9-6-3)55-69-72(65,66)68-54-56(52-61)70-59(63)50-47-44-41-38-35-32-29-26-23-20-17-14-11-8-5-2/h7-8,10-12,15-17,19-21,24-27,29,35,38,44,47,56-57,61H,4-6,9,13-14,18,22-23,28,30-34,36-37,39-43,45-46,48-55H2,1-3H3,(H,65,66)/b10-7-,11-8-,15-12-,19-16-,20-17-,24-21-,27-25-,29-26-,38-35-,47-44-. The first-order valence-electron chi connectivity index (χ1n) is 27.4. The second-order valence-corrected chi connectivity index (χ2v) is 19.1. The van der Waals surface area contributed by atoms with Crippen molar-refractivity contribution in [1.82, 2.24) is 0 Å². The molecule has 0 aliphatic rings. The molecule has 408 valence electrons. The highest BCUT2D eigenvalue weighted by molar-refractivity contribution is 7.47. The van der Waals surface area contributed by atoms with Crippen LogP contribution in [-0.4, -0.2) is 66.5 Å². The van der Waals surface area contributed by atoms with E-state index < -0.39 is 57.8 Å². The number of allylic oxidation sites excluding steroid dienone is 19. The van der Waals surface area contributed by atoms with E-state index in [-0.39, 0.29) is 25.9 Å². The van der Waals surface area contributed by atoms with Crippen LogP contribution in [-0.2, 0) is 42.2 Å². The van der Waals surface area contributed by atoms with Crippen molar-refractivity contribution >= 4 is 25.7 Å². The molecule has 0 amide bonds. The molecule has 0 aromatic heterocycles. The normalized spacial score (nSPS) is 14.3. The number of carbonyl (C=O) groups is 3. The van der Waals surface area contributed by atoms with Crippen molar-refractivity contribution in [2.24, 2.45) is 0 Å². The van der Waals surface area contributed by atoms with Gasteiger partial charge in [0.2, 0.25) is 0 Å². The fourth-order valence-electron chi connectivity index (χ4n) is 6.78. The number of esters is 3. The predicted octanol–water partition coefficient (Wildman–Crippen LogP) is 16.0. The van der Waals surface area contributed by atoms with E-state index in [0.29, 0.717) is 19.3 Å². The van der Waals surface area contributed by atoms with Gasteiger partial charge in [-0.2, -0.15) is 0 Å². The average Bonchev–Trinajstić information content (AvgIpc) is 3.37. The third-order valence-electron chi connectivity index (χ3n) is 10.9. The third-order valence-corrected chi connectivity index (χ3v) is 11.8. The summed E-state index contributed by atoms with van der Waals surface area (Å²) in [7, 11) is -4.78. The number of aliphatic hydroxyl groups is 1. The monoisotopic (exact) mass is 1020 g/mol. The first-order chi connectivity index (χ1) is 35.2. The SMILES string of the molecule is CC/C=C\C/C=C\C/C=C\C/C=C\C/C=C\CC(=O)OC(CO)COP(=O)(O)OCC(COC(=O)CCCCCCC/C=C\C/C=C\CCC)OC(=O)CCCCCCCCC/C=C\C/C=C\C/C=C\CC. The first kappa shape index (κ1) is 67.9. The smallest absolute Gasteiger partial charge is 0.462 e. The lowest BCUT2D eigenvalue weighted by Crippen LogP contribution is -2.30. The Morgan fingerprint density at radius 1 is 0.417 bits per heavy atom. The van der Waals surface area contributed by atoms with Gasteiger partial charge in [0.1, 0.15) is 12.7 Å². The number of phosphoric acid groups is 1. The molecule has 0 aliphatic heterocycles. The van der Waals surface area contributed by atoms with E-state index in [2.05, 4.69) is 118 Å². The Labute approximate surface area is 437 Å². The molecule has 2 N–H and O–H groups in total. The van der Waals surface area contributed by atoms with Gasteiger partial charge in [0.05, 0.1) is 26.2 Å². The highest BCUT2D eigenvalue weighted by Crippen LogP contribution is 2.43. The van der Waals surface area contributed by atoms with Gasteiger partial charge in [0, 0.05) is 12.8 Å². The van der Waals surface area contributed by atoms with Crippen molar-refractivity contribution in [3.63, 3.8) is 0 Å². The molecule has 3 atom stereocenters. The molecule has 0 fully saturated rings. The van der Waals surface area contributed by atoms with Crippen LogP contribution in [0.5, 0.6) is 0 Å². The van der Waals surface area contributed by atoms with Crippen LogP contribution in [0.1, 0.15) is 201 Å². The summed E-state index contributed by atoms with van der Waals surface area (Å²) in [6.45, 7) is 4.19. The van der Waals surface area contributed by atoms with Crippen LogP contribution in [0.4, 0.5) is 0 Å². The maximum atomic E-state index is 12.9. The van der Waals surface area contributed by atoms with Crippen molar-refractivity contribution in [2.45, 2.75) is 213 Å². The van der Waals surface area contributed by atoms with Gasteiger partial charge in [-0.25, -0.2) is 4.57 Å². The van der Waals surface area contributed by atoms with Crippen LogP contribution in [0.15, 0.2) is 122 Å². The van der Waals surface area contributed by atoms with Crippen LogP contribution >= 0.6 is 7.82 Å². The first-order valence-corrected chi connectivity index (χ1v) is 28.9. The van der Waals surface area contributed by atoms with Gasteiger partial charge in [0.25, 0.3) is 0 Å². The molecule has 0 saturated carbocycles. The molecular weight excluding hydrogens is 928 g/mol. The minimum absolute atomic E-state index is 0.0622. The lowest BCUT2D eigenvalue weighted by Gasteiger charge is -2.21. The summed E-state index contributed by atoms with van der Waals surface area (Å²) in [4.78, 5) is 48.4. The highest BCUT2D eigenvalue weighted by atomic mass is 31.2. The quantitative estimate of drug-likeness (QED) is 0.0197. The Bertz CT molecular complexity index is 1670. The summed E-state index contributed by atoms with van der Waals surface area (Å²) in [5, 5.41) is 9.78. The molecule has 0 saturated heterocycles. The number of rotatable bonds is 49. The maximum Gasteiger partial charge on any atom is 0.472 e. The lowest BCUT2D eigenvalue weighted by atomic mass is 10.1. The Balaban J connectivity index is 4.86.